The molecule has 0 aliphatic carbocycles. The van der Waals surface area contributed by atoms with Gasteiger partial charge in [-0.25, -0.2) is 0 Å². The number of carboxylic acid groups (broad SMARTS) is 1. The van der Waals surface area contributed by atoms with Crippen LogP contribution in [0.25, 0.3) is 0 Å². The van der Waals surface area contributed by atoms with Gasteiger partial charge in [0.05, 0.1) is 19.6 Å². The number of carbonyl (C=O) groups is 2. The molecule has 0 radical (unpaired) electrons. The number of hydrogen-bond acceptors (Lipinski definition) is 4. The standard InChI is InChI=1S/C15H20N2O4/c1-21-13-6-4-12(5-7-13)16-14(18)10-17-8-2-3-11(9-17)15(19)20/h4-7,11H,2-3,8-10H2,1H3,(H,16,18)(H,19,20). The highest BCUT2D eigenvalue weighted by atomic mass is 16.5. The smallest absolute Gasteiger partial charge is 0.307 e. The Bertz CT molecular complexity index is 501. The number of aliphatic carboxylic acids is 1. The minimum absolute atomic E-state index is 0.133. The predicted octanol–water partition coefficient (Wildman–Crippen LogP) is 1.43. The number of amides is 1. The van der Waals surface area contributed by atoms with Gasteiger partial charge < -0.3 is 15.2 Å². The molecule has 1 aliphatic rings. The van der Waals surface area contributed by atoms with E-state index in [1.54, 1.807) is 31.4 Å². The molecule has 2 rings (SSSR count). The average Bonchev–Trinajstić information content (AvgIpc) is 2.48. The number of rotatable bonds is 5. The summed E-state index contributed by atoms with van der Waals surface area (Å²) in [5.74, 6) is -0.553. The first kappa shape index (κ1) is 15.3. The van der Waals surface area contributed by atoms with Gasteiger partial charge in [0, 0.05) is 12.2 Å². The molecule has 1 heterocycles. The Kier molecular flexibility index (Phi) is 5.16. The highest BCUT2D eigenvalue weighted by Crippen LogP contribution is 2.17. The molecule has 1 atom stereocenters. The van der Waals surface area contributed by atoms with Gasteiger partial charge in [0.15, 0.2) is 0 Å². The van der Waals surface area contributed by atoms with Gasteiger partial charge >= 0.3 is 5.97 Å². The van der Waals surface area contributed by atoms with Gasteiger partial charge in [0.2, 0.25) is 5.91 Å². The molecular weight excluding hydrogens is 272 g/mol. The lowest BCUT2D eigenvalue weighted by atomic mass is 9.98. The van der Waals surface area contributed by atoms with Crippen molar-refractivity contribution in [3.63, 3.8) is 0 Å². The fraction of sp³-hybridized carbons (Fsp3) is 0.467. The zero-order valence-electron chi connectivity index (χ0n) is 12.0. The molecule has 0 bridgehead atoms. The zero-order chi connectivity index (χ0) is 15.2. The van der Waals surface area contributed by atoms with E-state index in [0.29, 0.717) is 18.7 Å². The zero-order valence-corrected chi connectivity index (χ0v) is 12.0. The van der Waals surface area contributed by atoms with Gasteiger partial charge in [0.1, 0.15) is 5.75 Å². The summed E-state index contributed by atoms with van der Waals surface area (Å²) < 4.78 is 5.05. The fourth-order valence-corrected chi connectivity index (χ4v) is 2.48. The van der Waals surface area contributed by atoms with E-state index in [0.717, 1.165) is 18.7 Å². The SMILES string of the molecule is COc1ccc(NC(=O)CN2CCCC(C(=O)O)C2)cc1. The third-order valence-corrected chi connectivity index (χ3v) is 3.60. The molecule has 1 amide bonds. The highest BCUT2D eigenvalue weighted by molar-refractivity contribution is 5.92. The minimum atomic E-state index is -0.782. The van der Waals surface area contributed by atoms with Gasteiger partial charge in [-0.2, -0.15) is 0 Å². The van der Waals surface area contributed by atoms with Crippen molar-refractivity contribution in [2.75, 3.05) is 32.1 Å². The van der Waals surface area contributed by atoms with Crippen molar-refractivity contribution in [1.82, 2.24) is 4.90 Å². The van der Waals surface area contributed by atoms with E-state index in [9.17, 15) is 9.59 Å². The molecule has 1 saturated heterocycles. The number of likely N-dealkylation sites (tertiary alicyclic amines) is 1. The van der Waals surface area contributed by atoms with Crippen molar-refractivity contribution in [1.29, 1.82) is 0 Å². The van der Waals surface area contributed by atoms with Crippen molar-refractivity contribution in [3.05, 3.63) is 24.3 Å². The summed E-state index contributed by atoms with van der Waals surface area (Å²) in [6.45, 7) is 1.42. The monoisotopic (exact) mass is 292 g/mol. The van der Waals surface area contributed by atoms with Gasteiger partial charge in [0.25, 0.3) is 0 Å². The number of anilines is 1. The number of nitrogens with zero attached hydrogens (tertiary/aromatic N) is 1. The Hall–Kier alpha value is -2.08. The topological polar surface area (TPSA) is 78.9 Å². The molecule has 1 fully saturated rings. The molecule has 1 aromatic carbocycles. The number of benzene rings is 1. The average molecular weight is 292 g/mol. The molecule has 0 saturated carbocycles. The molecule has 21 heavy (non-hydrogen) atoms. The van der Waals surface area contributed by atoms with Gasteiger partial charge in [-0.3, -0.25) is 14.5 Å². The molecule has 0 aromatic heterocycles. The van der Waals surface area contributed by atoms with Crippen molar-refractivity contribution in [2.24, 2.45) is 5.92 Å². The first-order valence-electron chi connectivity index (χ1n) is 6.97. The molecular formula is C15H20N2O4. The normalized spacial score (nSPS) is 19.0. The van der Waals surface area contributed by atoms with E-state index in [1.165, 1.54) is 0 Å². The summed E-state index contributed by atoms with van der Waals surface area (Å²) in [5, 5.41) is 11.8. The van der Waals surface area contributed by atoms with E-state index < -0.39 is 5.97 Å². The second-order valence-corrected chi connectivity index (χ2v) is 5.19. The second-order valence-electron chi connectivity index (χ2n) is 5.19. The van der Waals surface area contributed by atoms with Crippen LogP contribution < -0.4 is 10.1 Å². The molecule has 1 unspecified atom stereocenters. The first-order valence-corrected chi connectivity index (χ1v) is 6.97. The van der Waals surface area contributed by atoms with Crippen LogP contribution in [0.3, 0.4) is 0 Å². The molecule has 0 spiro atoms. The largest absolute Gasteiger partial charge is 0.497 e. The molecule has 1 aliphatic heterocycles. The van der Waals surface area contributed by atoms with Crippen LogP contribution in [-0.4, -0.2) is 48.6 Å². The van der Waals surface area contributed by atoms with E-state index in [4.69, 9.17) is 9.84 Å². The van der Waals surface area contributed by atoms with E-state index in [1.807, 2.05) is 4.90 Å². The van der Waals surface area contributed by atoms with Crippen LogP contribution in [0.5, 0.6) is 5.75 Å². The maximum absolute atomic E-state index is 12.0. The van der Waals surface area contributed by atoms with Crippen molar-refractivity contribution >= 4 is 17.6 Å². The van der Waals surface area contributed by atoms with E-state index >= 15 is 0 Å². The quantitative estimate of drug-likeness (QED) is 0.858. The summed E-state index contributed by atoms with van der Waals surface area (Å²) in [6, 6.07) is 7.09. The Morgan fingerprint density at radius 3 is 2.71 bits per heavy atom. The van der Waals surface area contributed by atoms with Crippen LogP contribution in [0.15, 0.2) is 24.3 Å². The Balaban J connectivity index is 1.84. The Labute approximate surface area is 123 Å². The third-order valence-electron chi connectivity index (χ3n) is 3.60. The fourth-order valence-electron chi connectivity index (χ4n) is 2.48. The van der Waals surface area contributed by atoms with Crippen LogP contribution in [-0.2, 0) is 9.59 Å². The van der Waals surface area contributed by atoms with E-state index in [-0.39, 0.29) is 18.4 Å². The maximum Gasteiger partial charge on any atom is 0.307 e. The summed E-state index contributed by atoms with van der Waals surface area (Å²) in [7, 11) is 1.59. The number of carboxylic acids is 1. The number of carbonyl (C=O) groups excluding carboxylic acids is 1. The maximum atomic E-state index is 12.0. The third kappa shape index (κ3) is 4.46. The van der Waals surface area contributed by atoms with E-state index in [2.05, 4.69) is 5.32 Å². The minimum Gasteiger partial charge on any atom is -0.497 e. The Morgan fingerprint density at radius 1 is 1.38 bits per heavy atom. The summed E-state index contributed by atoms with van der Waals surface area (Å²) in [5.41, 5.74) is 0.701. The summed E-state index contributed by atoms with van der Waals surface area (Å²) >= 11 is 0. The van der Waals surface area contributed by atoms with Crippen LogP contribution in [0.4, 0.5) is 5.69 Å². The molecule has 2 N–H and O–H groups in total. The Morgan fingerprint density at radius 2 is 2.10 bits per heavy atom. The molecule has 6 heteroatoms. The van der Waals surface area contributed by atoms with Gasteiger partial charge in [-0.1, -0.05) is 0 Å². The van der Waals surface area contributed by atoms with Crippen LogP contribution >= 0.6 is 0 Å². The van der Waals surface area contributed by atoms with Crippen molar-refractivity contribution < 1.29 is 19.4 Å². The lowest BCUT2D eigenvalue weighted by molar-refractivity contribution is -0.144. The lowest BCUT2D eigenvalue weighted by Gasteiger charge is -2.29. The van der Waals surface area contributed by atoms with Gasteiger partial charge in [-0.05, 0) is 43.7 Å². The van der Waals surface area contributed by atoms with Crippen molar-refractivity contribution in [3.8, 4) is 5.75 Å². The van der Waals surface area contributed by atoms with Crippen LogP contribution in [0.1, 0.15) is 12.8 Å². The molecule has 1 aromatic rings. The van der Waals surface area contributed by atoms with Crippen LogP contribution in [0, 0.1) is 5.92 Å². The lowest BCUT2D eigenvalue weighted by Crippen LogP contribution is -2.42. The summed E-state index contributed by atoms with van der Waals surface area (Å²) in [4.78, 5) is 24.9. The number of piperidine rings is 1. The number of ether oxygens (including phenoxy) is 1. The van der Waals surface area contributed by atoms with Crippen LogP contribution in [0.2, 0.25) is 0 Å². The molecule has 114 valence electrons. The predicted molar refractivity (Wildman–Crippen MR) is 78.4 cm³/mol. The number of methoxy groups -OCH3 is 1. The number of hydrogen-bond donors (Lipinski definition) is 2. The highest BCUT2D eigenvalue weighted by Gasteiger charge is 2.26. The summed E-state index contributed by atoms with van der Waals surface area (Å²) in [6.07, 6.45) is 1.50. The first-order chi connectivity index (χ1) is 10.1. The van der Waals surface area contributed by atoms with Gasteiger partial charge in [-0.15, -0.1) is 0 Å². The second kappa shape index (κ2) is 7.08. The molecule has 6 nitrogen and oxygen atoms in total. The van der Waals surface area contributed by atoms with Crippen molar-refractivity contribution in [2.45, 2.75) is 12.8 Å². The number of nitrogens with one attached hydrogen (secondary N) is 1.